The normalized spacial score (nSPS) is 25.8. The number of likely N-dealkylation sites (N-methyl/N-ethyl adjacent to an activating group) is 2. The second-order valence-electron chi connectivity index (χ2n) is 29.2. The van der Waals surface area contributed by atoms with Gasteiger partial charge in [0, 0.05) is 53.3 Å². The SMILES string of the molecule is CNC(=O)C1NC(=O)[C@@H](C)NC(=O)[C@H](CC(N)=O)NC(=O)[C@H](NC(=O)[C@@H](CC(C)C)NC)[C@H](O)c2ccc(c(Cl)c2)Oc2cccc(c2OC2OC(CO)C(O)C(O)C2OC2CC(C)(NCc3ccc(-c4ccc(Cl)cc4)cc3)C(O)C(C)O2)Oc2ccc(cc2Cl)[C@@H](O)CC(=O)N[C@@H](C(=O)O)c2cc(O)cc(O)c2-c2cc1ccc2O. The Balaban J connectivity index is 1.05. The van der Waals surface area contributed by atoms with Crippen molar-refractivity contribution in [3.63, 3.8) is 0 Å². The Hall–Kier alpha value is -10.5. The number of hydrogen-bond donors (Lipinski definition) is 19. The van der Waals surface area contributed by atoms with Crippen molar-refractivity contribution in [3.8, 4) is 68.2 Å². The number of fused-ring (bicyclic) bond motifs is 2. The average Bonchev–Trinajstić information content (AvgIpc) is 0.788. The van der Waals surface area contributed by atoms with Crippen LogP contribution < -0.4 is 62.5 Å². The van der Waals surface area contributed by atoms with E-state index in [2.05, 4.69) is 42.5 Å². The maximum Gasteiger partial charge on any atom is 0.330 e. The molecule has 626 valence electrons. The van der Waals surface area contributed by atoms with Crippen molar-refractivity contribution in [3.05, 3.63) is 176 Å². The lowest BCUT2D eigenvalue weighted by molar-refractivity contribution is -0.334. The number of hydrogen-bond acceptors (Lipinski definition) is 25. The van der Waals surface area contributed by atoms with Gasteiger partial charge in [0.2, 0.25) is 53.4 Å². The standard InChI is InChI=1S/C81H92Cl3N9O24/c1-36(2)25-51(86-6)75(106)93-67-68(101)44-19-24-57(50(84)28-44)114-59-10-8-9-58(71(59)117-80-72(70(103)69(102)60(35-94)115-80)116-63-33-81(5,73(104)38(4)112-63)88-34-39-11-13-40(14-12-39)41-15-20-45(82)21-16-41)113-56-23-18-42(27-49(56)83)54(97)32-62(100)91-66(79(110)111)48-29-46(95)30-55(98)64(48)47-26-43(17-22-53(47)96)65(77(108)87-7)92-74(105)37(3)89-76(107)52(31-61(85)99)90-78(67)109/h8-24,26-30,36-38,51-52,54,60,63,65-70,72-73,80,86,88,94-98,101-104H,25,31-35H2,1-7H3,(H2,85,99)(H,87,108)(H,89,107)(H,90,109)(H,91,100)(H,92,105)(H,93,106)(H,110,111)/t37-,38?,51-,52+,54+,60?,63?,65?,66-,67-,68-,69?,70?,72?,73?,80?,81?/m1/s1. The highest BCUT2D eigenvalue weighted by atomic mass is 35.5. The van der Waals surface area contributed by atoms with Crippen LogP contribution in [0.1, 0.15) is 112 Å². The molecule has 2 saturated heterocycles. The predicted molar refractivity (Wildman–Crippen MR) is 422 cm³/mol. The number of rotatable bonds is 18. The van der Waals surface area contributed by atoms with Crippen LogP contribution in [0.5, 0.6) is 46.0 Å². The second-order valence-corrected chi connectivity index (χ2v) is 30.4. The molecule has 2 fully saturated rings. The van der Waals surface area contributed by atoms with E-state index in [0.29, 0.717) is 5.02 Å². The Bertz CT molecular complexity index is 4800. The molecule has 7 aromatic rings. The van der Waals surface area contributed by atoms with Gasteiger partial charge in [0.25, 0.3) is 0 Å². The molecule has 5 heterocycles. The molecule has 10 unspecified atom stereocenters. The zero-order valence-electron chi connectivity index (χ0n) is 64.2. The van der Waals surface area contributed by atoms with Gasteiger partial charge >= 0.3 is 5.97 Å². The van der Waals surface area contributed by atoms with Gasteiger partial charge in [0.15, 0.2) is 29.9 Å². The topological polar surface area (TPSA) is 517 Å². The van der Waals surface area contributed by atoms with Gasteiger partial charge < -0.3 is 128 Å². The van der Waals surface area contributed by atoms with Gasteiger partial charge in [-0.15, -0.1) is 0 Å². The minimum atomic E-state index is -2.20. The molecule has 7 amide bonds. The van der Waals surface area contributed by atoms with Crippen molar-refractivity contribution in [2.75, 3.05) is 20.7 Å². The number of nitrogens with two attached hydrogens (primary N) is 1. The molecule has 20 N–H and O–H groups in total. The summed E-state index contributed by atoms with van der Waals surface area (Å²) in [6.07, 6.45) is -17.9. The Morgan fingerprint density at radius 2 is 1.32 bits per heavy atom. The summed E-state index contributed by atoms with van der Waals surface area (Å²) < 4.78 is 38.7. The number of phenols is 3. The van der Waals surface area contributed by atoms with Gasteiger partial charge in [-0.1, -0.05) is 109 Å². The van der Waals surface area contributed by atoms with Crippen LogP contribution in [0.15, 0.2) is 133 Å². The smallest absolute Gasteiger partial charge is 0.330 e. The molecule has 12 rings (SSSR count). The number of carbonyl (C=O) groups excluding carboxylic acids is 7. The van der Waals surface area contributed by atoms with Crippen LogP contribution in [0.25, 0.3) is 22.3 Å². The third-order valence-corrected chi connectivity index (χ3v) is 21.0. The molecule has 0 saturated carbocycles. The summed E-state index contributed by atoms with van der Waals surface area (Å²) in [6, 6.07) is 20.8. The zero-order valence-corrected chi connectivity index (χ0v) is 66.4. The number of nitrogens with one attached hydrogen (secondary N) is 8. The Labute approximate surface area is 686 Å². The number of ether oxygens (including phenoxy) is 6. The van der Waals surface area contributed by atoms with Crippen LogP contribution in [-0.4, -0.2) is 198 Å². The molecule has 33 nitrogen and oxygen atoms in total. The van der Waals surface area contributed by atoms with Crippen molar-refractivity contribution >= 4 is 82.1 Å². The number of aliphatic carboxylic acids is 1. The number of aliphatic hydroxyl groups excluding tert-OH is 6. The summed E-state index contributed by atoms with van der Waals surface area (Å²) >= 11 is 20.2. The summed E-state index contributed by atoms with van der Waals surface area (Å²) in [6.45, 7) is 7.51. The molecular formula is C81H92Cl3N9O24. The lowest BCUT2D eigenvalue weighted by Gasteiger charge is -2.48. The number of aromatic hydroxyl groups is 3. The van der Waals surface area contributed by atoms with Crippen molar-refractivity contribution < 1.29 is 118 Å². The quantitative estimate of drug-likeness (QED) is 0.0523. The average molecular weight is 1680 g/mol. The molecule has 5 aliphatic heterocycles. The highest BCUT2D eigenvalue weighted by Gasteiger charge is 2.52. The van der Waals surface area contributed by atoms with Gasteiger partial charge in [-0.2, -0.15) is 0 Å². The summed E-state index contributed by atoms with van der Waals surface area (Å²) in [5, 5.41) is 135. The van der Waals surface area contributed by atoms with E-state index < -0.39 is 210 Å². The molecular weight excluding hydrogens is 1590 g/mol. The molecule has 0 aliphatic carbocycles. The van der Waals surface area contributed by atoms with E-state index in [9.17, 15) is 89.4 Å². The van der Waals surface area contributed by atoms with E-state index in [0.717, 1.165) is 60.0 Å². The van der Waals surface area contributed by atoms with Crippen molar-refractivity contribution in [2.24, 2.45) is 11.7 Å². The molecule has 0 aromatic heterocycles. The zero-order chi connectivity index (χ0) is 85.2. The maximum absolute atomic E-state index is 14.8. The van der Waals surface area contributed by atoms with E-state index >= 15 is 0 Å². The van der Waals surface area contributed by atoms with Crippen molar-refractivity contribution in [2.45, 2.75) is 170 Å². The van der Waals surface area contributed by atoms with Crippen molar-refractivity contribution in [1.29, 1.82) is 0 Å². The van der Waals surface area contributed by atoms with Crippen LogP contribution in [0, 0.1) is 5.92 Å². The van der Waals surface area contributed by atoms with Gasteiger partial charge in [-0.25, -0.2) is 4.79 Å². The second kappa shape index (κ2) is 38.7. The van der Waals surface area contributed by atoms with E-state index in [-0.39, 0.29) is 75.0 Å². The monoisotopic (exact) mass is 1680 g/mol. The van der Waals surface area contributed by atoms with E-state index in [1.807, 2.05) is 50.2 Å². The highest BCUT2D eigenvalue weighted by Crippen LogP contribution is 2.48. The van der Waals surface area contributed by atoms with E-state index in [1.165, 1.54) is 62.6 Å². The Morgan fingerprint density at radius 3 is 1.91 bits per heavy atom. The summed E-state index contributed by atoms with van der Waals surface area (Å²) in [5.74, 6) is -13.3. The van der Waals surface area contributed by atoms with Crippen LogP contribution >= 0.6 is 34.8 Å². The number of halogens is 3. The number of primary amides is 1. The first-order valence-electron chi connectivity index (χ1n) is 37.1. The first-order valence-corrected chi connectivity index (χ1v) is 38.2. The molecule has 17 atom stereocenters. The van der Waals surface area contributed by atoms with Gasteiger partial charge in [0.1, 0.15) is 77.3 Å². The third-order valence-electron chi connectivity index (χ3n) is 20.1. The number of benzene rings is 7. The molecule has 0 radical (unpaired) electrons. The molecule has 0 spiro atoms. The van der Waals surface area contributed by atoms with E-state index in [1.54, 1.807) is 26.0 Å². The molecule has 7 aromatic carbocycles. The Kier molecular flexibility index (Phi) is 29.4. The van der Waals surface area contributed by atoms with Crippen LogP contribution in [-0.2, 0) is 59.1 Å². The number of para-hydroxylation sites is 1. The summed E-state index contributed by atoms with van der Waals surface area (Å²) in [5.41, 5.74) is 5.28. The van der Waals surface area contributed by atoms with E-state index in [4.69, 9.17) is 69.0 Å². The predicted octanol–water partition coefficient (Wildman–Crippen LogP) is 5.23. The molecule has 36 heteroatoms. The minimum Gasteiger partial charge on any atom is -0.508 e. The fourth-order valence-electron chi connectivity index (χ4n) is 13.8. The maximum atomic E-state index is 14.8. The number of aliphatic hydroxyl groups is 6. The van der Waals surface area contributed by atoms with Gasteiger partial charge in [-0.05, 0) is 140 Å². The third kappa shape index (κ3) is 21.5. The largest absolute Gasteiger partial charge is 0.508 e. The summed E-state index contributed by atoms with van der Waals surface area (Å²) in [4.78, 5) is 111. The van der Waals surface area contributed by atoms with Crippen LogP contribution in [0.2, 0.25) is 15.1 Å². The first kappa shape index (κ1) is 88.9. The number of carboxylic acids is 1. The first-order chi connectivity index (χ1) is 55.5. The van der Waals surface area contributed by atoms with Crippen LogP contribution in [0.3, 0.4) is 0 Å². The van der Waals surface area contributed by atoms with Crippen molar-refractivity contribution in [1.82, 2.24) is 42.5 Å². The highest BCUT2D eigenvalue weighted by molar-refractivity contribution is 6.32. The number of amides is 7. The Morgan fingerprint density at radius 1 is 0.692 bits per heavy atom. The molecule has 5 aliphatic rings. The number of carbonyl (C=O) groups is 8. The summed E-state index contributed by atoms with van der Waals surface area (Å²) in [7, 11) is 2.68. The van der Waals surface area contributed by atoms with Gasteiger partial charge in [-0.3, -0.25) is 33.6 Å². The molecule has 117 heavy (non-hydrogen) atoms. The number of carboxylic acid groups (broad SMARTS) is 1. The van der Waals surface area contributed by atoms with Gasteiger partial charge in [0.05, 0.1) is 53.8 Å². The lowest BCUT2D eigenvalue weighted by Crippen LogP contribution is -2.65. The minimum absolute atomic E-state index is 0.0506. The van der Waals surface area contributed by atoms with Crippen LogP contribution in [0.4, 0.5) is 0 Å². The molecule has 8 bridgehead atoms. The lowest BCUT2D eigenvalue weighted by atomic mass is 9.84. The number of phenolic OH excluding ortho intramolecular Hbond substituents is 3. The fraction of sp³-hybridized carbons (Fsp3) is 0.383. The fourth-order valence-corrected chi connectivity index (χ4v) is 14.3.